The molecule has 4 rings (SSSR count). The zero-order valence-corrected chi connectivity index (χ0v) is 14.2. The SMILES string of the molecule is O=C(N[C@@H](Cc1ccccc1)c1ccccc1)c1ccc2nc[nH]c2c1. The van der Waals surface area contributed by atoms with Gasteiger partial charge >= 0.3 is 0 Å². The summed E-state index contributed by atoms with van der Waals surface area (Å²) < 4.78 is 0. The highest BCUT2D eigenvalue weighted by Crippen LogP contribution is 2.20. The van der Waals surface area contributed by atoms with Crippen molar-refractivity contribution < 1.29 is 4.79 Å². The third kappa shape index (κ3) is 3.49. The molecule has 4 heteroatoms. The lowest BCUT2D eigenvalue weighted by Gasteiger charge is -2.19. The van der Waals surface area contributed by atoms with Gasteiger partial charge < -0.3 is 10.3 Å². The molecular weight excluding hydrogens is 322 g/mol. The molecule has 0 aliphatic heterocycles. The molecule has 1 heterocycles. The third-order valence-corrected chi connectivity index (χ3v) is 4.47. The third-order valence-electron chi connectivity index (χ3n) is 4.47. The summed E-state index contributed by atoms with van der Waals surface area (Å²) in [5.41, 5.74) is 4.61. The number of nitrogens with one attached hydrogen (secondary N) is 2. The molecule has 0 saturated carbocycles. The second-order valence-corrected chi connectivity index (χ2v) is 6.26. The Balaban J connectivity index is 1.60. The van der Waals surface area contributed by atoms with Crippen molar-refractivity contribution in [1.29, 1.82) is 0 Å². The maximum Gasteiger partial charge on any atom is 0.251 e. The highest BCUT2D eigenvalue weighted by atomic mass is 16.1. The summed E-state index contributed by atoms with van der Waals surface area (Å²) in [5, 5.41) is 3.18. The Morgan fingerprint density at radius 2 is 1.69 bits per heavy atom. The van der Waals surface area contributed by atoms with E-state index in [2.05, 4.69) is 27.4 Å². The van der Waals surface area contributed by atoms with Gasteiger partial charge in [0.15, 0.2) is 0 Å². The quantitative estimate of drug-likeness (QED) is 0.569. The van der Waals surface area contributed by atoms with Gasteiger partial charge in [-0.3, -0.25) is 4.79 Å². The van der Waals surface area contributed by atoms with E-state index in [1.807, 2.05) is 66.7 Å². The molecule has 0 bridgehead atoms. The molecular formula is C22H19N3O. The Hall–Kier alpha value is -3.40. The van der Waals surface area contributed by atoms with E-state index in [1.54, 1.807) is 6.33 Å². The molecule has 4 nitrogen and oxygen atoms in total. The van der Waals surface area contributed by atoms with E-state index in [1.165, 1.54) is 5.56 Å². The lowest BCUT2D eigenvalue weighted by Crippen LogP contribution is -2.30. The zero-order chi connectivity index (χ0) is 17.8. The van der Waals surface area contributed by atoms with Crippen LogP contribution in [0.4, 0.5) is 0 Å². The predicted molar refractivity (Wildman–Crippen MR) is 103 cm³/mol. The molecule has 0 radical (unpaired) electrons. The lowest BCUT2D eigenvalue weighted by molar-refractivity contribution is 0.0936. The van der Waals surface area contributed by atoms with Crippen molar-refractivity contribution in [2.45, 2.75) is 12.5 Å². The fourth-order valence-corrected chi connectivity index (χ4v) is 3.11. The molecule has 1 amide bonds. The number of rotatable bonds is 5. The summed E-state index contributed by atoms with van der Waals surface area (Å²) in [6.07, 6.45) is 2.37. The molecule has 3 aromatic carbocycles. The molecule has 0 aliphatic carbocycles. The Kier molecular flexibility index (Phi) is 4.48. The summed E-state index contributed by atoms with van der Waals surface area (Å²) in [7, 11) is 0. The van der Waals surface area contributed by atoms with Gasteiger partial charge in [-0.1, -0.05) is 60.7 Å². The standard InChI is InChI=1S/C22H19N3O/c26-22(18-11-12-19-21(14-18)24-15-23-19)25-20(17-9-5-2-6-10-17)13-16-7-3-1-4-8-16/h1-12,14-15,20H,13H2,(H,23,24)(H,25,26)/t20-/m0/s1. The molecule has 4 aromatic rings. The fourth-order valence-electron chi connectivity index (χ4n) is 3.11. The van der Waals surface area contributed by atoms with Gasteiger partial charge in [0.1, 0.15) is 0 Å². The first-order chi connectivity index (χ1) is 12.8. The van der Waals surface area contributed by atoms with E-state index in [-0.39, 0.29) is 11.9 Å². The summed E-state index contributed by atoms with van der Waals surface area (Å²) in [6, 6.07) is 25.7. The van der Waals surface area contributed by atoms with Gasteiger partial charge in [0, 0.05) is 5.56 Å². The van der Waals surface area contributed by atoms with E-state index >= 15 is 0 Å². The van der Waals surface area contributed by atoms with Gasteiger partial charge in [0.2, 0.25) is 0 Å². The Bertz CT molecular complexity index is 1010. The van der Waals surface area contributed by atoms with Gasteiger partial charge in [0.25, 0.3) is 5.91 Å². The molecule has 26 heavy (non-hydrogen) atoms. The van der Waals surface area contributed by atoms with Crippen LogP contribution in [-0.2, 0) is 6.42 Å². The predicted octanol–water partition coefficient (Wildman–Crippen LogP) is 4.28. The van der Waals surface area contributed by atoms with Gasteiger partial charge in [-0.05, 0) is 35.7 Å². The number of benzene rings is 3. The monoisotopic (exact) mass is 341 g/mol. The minimum Gasteiger partial charge on any atom is -0.345 e. The van der Waals surface area contributed by atoms with Crippen molar-refractivity contribution in [2.75, 3.05) is 0 Å². The topological polar surface area (TPSA) is 57.8 Å². The second-order valence-electron chi connectivity index (χ2n) is 6.26. The van der Waals surface area contributed by atoms with Gasteiger partial charge in [0.05, 0.1) is 23.4 Å². The van der Waals surface area contributed by atoms with E-state index in [9.17, 15) is 4.79 Å². The van der Waals surface area contributed by atoms with E-state index in [4.69, 9.17) is 0 Å². The van der Waals surface area contributed by atoms with Crippen LogP contribution in [0.1, 0.15) is 27.5 Å². The summed E-state index contributed by atoms with van der Waals surface area (Å²) >= 11 is 0. The smallest absolute Gasteiger partial charge is 0.251 e. The first kappa shape index (κ1) is 16.1. The number of H-pyrrole nitrogens is 1. The van der Waals surface area contributed by atoms with Crippen LogP contribution in [0.5, 0.6) is 0 Å². The number of carbonyl (C=O) groups is 1. The molecule has 0 fully saturated rings. The van der Waals surface area contributed by atoms with Gasteiger partial charge in [-0.15, -0.1) is 0 Å². The zero-order valence-electron chi connectivity index (χ0n) is 14.2. The minimum absolute atomic E-state index is 0.0914. The van der Waals surface area contributed by atoms with Crippen LogP contribution >= 0.6 is 0 Å². The fraction of sp³-hybridized carbons (Fsp3) is 0.0909. The Morgan fingerprint density at radius 1 is 0.962 bits per heavy atom. The number of hydrogen-bond donors (Lipinski definition) is 2. The average Bonchev–Trinajstić information content (AvgIpc) is 3.17. The molecule has 1 aromatic heterocycles. The molecule has 0 saturated heterocycles. The van der Waals surface area contributed by atoms with Crippen LogP contribution in [0.3, 0.4) is 0 Å². The van der Waals surface area contributed by atoms with E-state index in [0.29, 0.717) is 5.56 Å². The normalized spacial score (nSPS) is 12.0. The van der Waals surface area contributed by atoms with Crippen LogP contribution in [0.25, 0.3) is 11.0 Å². The largest absolute Gasteiger partial charge is 0.345 e. The van der Waals surface area contributed by atoms with Crippen LogP contribution in [-0.4, -0.2) is 15.9 Å². The molecule has 0 spiro atoms. The van der Waals surface area contributed by atoms with Crippen molar-refractivity contribution in [3.63, 3.8) is 0 Å². The number of hydrogen-bond acceptors (Lipinski definition) is 2. The molecule has 128 valence electrons. The van der Waals surface area contributed by atoms with Crippen LogP contribution in [0, 0.1) is 0 Å². The Morgan fingerprint density at radius 3 is 2.46 bits per heavy atom. The van der Waals surface area contributed by atoms with Crippen LogP contribution < -0.4 is 5.32 Å². The van der Waals surface area contributed by atoms with Crippen molar-refractivity contribution in [1.82, 2.24) is 15.3 Å². The van der Waals surface area contributed by atoms with E-state index < -0.39 is 0 Å². The summed E-state index contributed by atoms with van der Waals surface area (Å²) in [5.74, 6) is -0.0914. The lowest BCUT2D eigenvalue weighted by atomic mass is 9.98. The molecule has 1 atom stereocenters. The molecule has 0 unspecified atom stereocenters. The number of nitrogens with zero attached hydrogens (tertiary/aromatic N) is 1. The summed E-state index contributed by atoms with van der Waals surface area (Å²) in [4.78, 5) is 20.1. The van der Waals surface area contributed by atoms with Crippen LogP contribution in [0.15, 0.2) is 85.2 Å². The number of aromatic amines is 1. The maximum absolute atomic E-state index is 12.8. The number of aromatic nitrogens is 2. The number of imidazole rings is 1. The van der Waals surface area contributed by atoms with E-state index in [0.717, 1.165) is 23.0 Å². The van der Waals surface area contributed by atoms with Crippen molar-refractivity contribution in [3.8, 4) is 0 Å². The first-order valence-corrected chi connectivity index (χ1v) is 8.62. The maximum atomic E-state index is 12.8. The first-order valence-electron chi connectivity index (χ1n) is 8.62. The van der Waals surface area contributed by atoms with Gasteiger partial charge in [-0.2, -0.15) is 0 Å². The number of carbonyl (C=O) groups excluding carboxylic acids is 1. The highest BCUT2D eigenvalue weighted by Gasteiger charge is 2.17. The van der Waals surface area contributed by atoms with Gasteiger partial charge in [-0.25, -0.2) is 4.98 Å². The van der Waals surface area contributed by atoms with Crippen molar-refractivity contribution in [2.24, 2.45) is 0 Å². The second kappa shape index (κ2) is 7.23. The molecule has 0 aliphatic rings. The number of fused-ring (bicyclic) bond motifs is 1. The average molecular weight is 341 g/mol. The summed E-state index contributed by atoms with van der Waals surface area (Å²) in [6.45, 7) is 0. The van der Waals surface area contributed by atoms with Crippen molar-refractivity contribution >= 4 is 16.9 Å². The van der Waals surface area contributed by atoms with Crippen molar-refractivity contribution in [3.05, 3.63) is 102 Å². The van der Waals surface area contributed by atoms with Crippen LogP contribution in [0.2, 0.25) is 0 Å². The Labute approximate surface area is 151 Å². The molecule has 2 N–H and O–H groups in total. The minimum atomic E-state index is -0.0939. The highest BCUT2D eigenvalue weighted by molar-refractivity contribution is 5.97. The number of amides is 1.